The summed E-state index contributed by atoms with van der Waals surface area (Å²) in [5, 5.41) is 4.10. The molecule has 3 nitrogen and oxygen atoms in total. The molecular weight excluding hydrogens is 377 g/mol. The molecule has 1 N–H and O–H groups in total. The van der Waals surface area contributed by atoms with E-state index in [9.17, 15) is 4.39 Å². The van der Waals surface area contributed by atoms with E-state index in [1.165, 1.54) is 12.1 Å². The number of benzene rings is 3. The van der Waals surface area contributed by atoms with E-state index >= 15 is 0 Å². The van der Waals surface area contributed by atoms with Crippen molar-refractivity contribution in [1.82, 2.24) is 0 Å². The van der Waals surface area contributed by atoms with Crippen LogP contribution in [0.15, 0.2) is 60.7 Å². The molecule has 28 heavy (non-hydrogen) atoms. The van der Waals surface area contributed by atoms with Crippen molar-refractivity contribution in [3.05, 3.63) is 88.2 Å². The van der Waals surface area contributed by atoms with E-state index in [2.05, 4.69) is 5.32 Å². The highest BCUT2D eigenvalue weighted by molar-refractivity contribution is 6.31. The molecule has 3 aromatic rings. The minimum Gasteiger partial charge on any atom is -0.490 e. The molecule has 0 unspecified atom stereocenters. The summed E-state index contributed by atoms with van der Waals surface area (Å²) in [5.74, 6) is 1.09. The maximum atomic E-state index is 13.0. The van der Waals surface area contributed by atoms with Gasteiger partial charge in [0.25, 0.3) is 0 Å². The van der Waals surface area contributed by atoms with Crippen molar-refractivity contribution in [2.45, 2.75) is 27.0 Å². The Hall–Kier alpha value is -2.72. The number of anilines is 1. The van der Waals surface area contributed by atoms with Crippen LogP contribution in [0.25, 0.3) is 0 Å². The second-order valence-corrected chi connectivity index (χ2v) is 6.85. The molecule has 0 aliphatic rings. The summed E-state index contributed by atoms with van der Waals surface area (Å²) < 4.78 is 24.6. The molecule has 0 saturated carbocycles. The fraction of sp³-hybridized carbons (Fsp3) is 0.217. The Labute approximate surface area is 170 Å². The molecule has 0 spiro atoms. The van der Waals surface area contributed by atoms with Crippen LogP contribution >= 0.6 is 11.6 Å². The van der Waals surface area contributed by atoms with Crippen molar-refractivity contribution in [3.63, 3.8) is 0 Å². The highest BCUT2D eigenvalue weighted by Gasteiger charge is 2.08. The summed E-state index contributed by atoms with van der Waals surface area (Å²) in [6.07, 6.45) is 0. The van der Waals surface area contributed by atoms with E-state index in [1.54, 1.807) is 12.1 Å². The lowest BCUT2D eigenvalue weighted by Crippen LogP contribution is -2.03. The normalized spacial score (nSPS) is 10.6. The molecule has 5 heteroatoms. The highest BCUT2D eigenvalue weighted by atomic mass is 35.5. The maximum Gasteiger partial charge on any atom is 0.161 e. The van der Waals surface area contributed by atoms with Crippen LogP contribution in [0.3, 0.4) is 0 Å². The standard InChI is InChI=1S/C23H23ClFNO2/c1-3-27-23-12-18(14-26-20-10-4-16(2)21(24)13-20)7-11-22(23)28-15-17-5-8-19(25)9-6-17/h4-13,26H,3,14-15H2,1-2H3. The molecule has 146 valence electrons. The van der Waals surface area contributed by atoms with Crippen LogP contribution < -0.4 is 14.8 Å². The van der Waals surface area contributed by atoms with Crippen molar-refractivity contribution in [2.75, 3.05) is 11.9 Å². The van der Waals surface area contributed by atoms with Crippen molar-refractivity contribution in [1.29, 1.82) is 0 Å². The molecule has 0 amide bonds. The zero-order valence-corrected chi connectivity index (χ0v) is 16.7. The van der Waals surface area contributed by atoms with E-state index in [0.29, 0.717) is 31.3 Å². The molecule has 0 saturated heterocycles. The second kappa shape index (κ2) is 9.47. The third-order valence-corrected chi connectivity index (χ3v) is 4.69. The van der Waals surface area contributed by atoms with Gasteiger partial charge in [-0.2, -0.15) is 0 Å². The molecule has 0 bridgehead atoms. The number of aryl methyl sites for hydroxylation is 1. The largest absolute Gasteiger partial charge is 0.490 e. The molecule has 0 atom stereocenters. The van der Waals surface area contributed by atoms with E-state index in [0.717, 1.165) is 27.4 Å². The summed E-state index contributed by atoms with van der Waals surface area (Å²) in [5.41, 5.74) is 3.97. The average molecular weight is 400 g/mol. The first-order valence-corrected chi connectivity index (χ1v) is 9.56. The van der Waals surface area contributed by atoms with Crippen LogP contribution in [-0.4, -0.2) is 6.61 Å². The van der Waals surface area contributed by atoms with Crippen molar-refractivity contribution in [2.24, 2.45) is 0 Å². The number of rotatable bonds is 8. The van der Waals surface area contributed by atoms with Gasteiger partial charge in [-0.1, -0.05) is 35.9 Å². The molecule has 0 aliphatic heterocycles. The molecule has 0 fully saturated rings. The Balaban J connectivity index is 1.67. The number of nitrogens with one attached hydrogen (secondary N) is 1. The first-order valence-electron chi connectivity index (χ1n) is 9.18. The average Bonchev–Trinajstić information content (AvgIpc) is 2.69. The zero-order valence-electron chi connectivity index (χ0n) is 16.0. The summed E-state index contributed by atoms with van der Waals surface area (Å²) in [6, 6.07) is 18.0. The van der Waals surface area contributed by atoms with Gasteiger partial charge in [-0.3, -0.25) is 0 Å². The lowest BCUT2D eigenvalue weighted by molar-refractivity contribution is 0.269. The Morgan fingerprint density at radius 3 is 2.36 bits per heavy atom. The van der Waals surface area contributed by atoms with Crippen LogP contribution in [-0.2, 0) is 13.2 Å². The maximum absolute atomic E-state index is 13.0. The van der Waals surface area contributed by atoms with Gasteiger partial charge in [-0.05, 0) is 66.9 Å². The number of halogens is 2. The summed E-state index contributed by atoms with van der Waals surface area (Å²) in [6.45, 7) is 5.43. The Morgan fingerprint density at radius 1 is 0.893 bits per heavy atom. The highest BCUT2D eigenvalue weighted by Crippen LogP contribution is 2.30. The lowest BCUT2D eigenvalue weighted by atomic mass is 10.1. The molecule has 0 aliphatic carbocycles. The van der Waals surface area contributed by atoms with Crippen LogP contribution in [0.4, 0.5) is 10.1 Å². The first kappa shape index (κ1) is 20.0. The second-order valence-electron chi connectivity index (χ2n) is 6.45. The third-order valence-electron chi connectivity index (χ3n) is 4.28. The fourth-order valence-corrected chi connectivity index (χ4v) is 2.88. The van der Waals surface area contributed by atoms with Gasteiger partial charge in [0.05, 0.1) is 6.61 Å². The van der Waals surface area contributed by atoms with Gasteiger partial charge in [-0.15, -0.1) is 0 Å². The van der Waals surface area contributed by atoms with E-state index in [1.807, 2.05) is 50.2 Å². The van der Waals surface area contributed by atoms with Gasteiger partial charge in [-0.25, -0.2) is 4.39 Å². The fourth-order valence-electron chi connectivity index (χ4n) is 2.70. The minimum absolute atomic E-state index is 0.259. The predicted molar refractivity (Wildman–Crippen MR) is 112 cm³/mol. The predicted octanol–water partition coefficient (Wildman–Crippen LogP) is 6.38. The van der Waals surface area contributed by atoms with Gasteiger partial charge in [0, 0.05) is 17.3 Å². The monoisotopic (exact) mass is 399 g/mol. The van der Waals surface area contributed by atoms with Crippen LogP contribution in [0.5, 0.6) is 11.5 Å². The number of hydrogen-bond acceptors (Lipinski definition) is 3. The molecular formula is C23H23ClFNO2. The molecule has 0 radical (unpaired) electrons. The molecule has 0 aromatic heterocycles. The molecule has 3 rings (SSSR count). The van der Waals surface area contributed by atoms with Gasteiger partial charge >= 0.3 is 0 Å². The van der Waals surface area contributed by atoms with Crippen LogP contribution in [0.2, 0.25) is 5.02 Å². The van der Waals surface area contributed by atoms with Gasteiger partial charge in [0.2, 0.25) is 0 Å². The SMILES string of the molecule is CCOc1cc(CNc2ccc(C)c(Cl)c2)ccc1OCc1ccc(F)cc1. The first-order chi connectivity index (χ1) is 13.5. The molecule has 0 heterocycles. The number of ether oxygens (including phenoxy) is 2. The van der Waals surface area contributed by atoms with Crippen molar-refractivity contribution >= 4 is 17.3 Å². The van der Waals surface area contributed by atoms with E-state index < -0.39 is 0 Å². The Morgan fingerprint density at radius 2 is 1.64 bits per heavy atom. The van der Waals surface area contributed by atoms with Crippen LogP contribution in [0, 0.1) is 12.7 Å². The van der Waals surface area contributed by atoms with Gasteiger partial charge < -0.3 is 14.8 Å². The Kier molecular flexibility index (Phi) is 6.77. The van der Waals surface area contributed by atoms with E-state index in [4.69, 9.17) is 21.1 Å². The molecule has 3 aromatic carbocycles. The number of hydrogen-bond donors (Lipinski definition) is 1. The van der Waals surface area contributed by atoms with Crippen LogP contribution in [0.1, 0.15) is 23.6 Å². The summed E-state index contributed by atoms with van der Waals surface area (Å²) in [7, 11) is 0. The third kappa shape index (κ3) is 5.40. The van der Waals surface area contributed by atoms with Crippen molar-refractivity contribution in [3.8, 4) is 11.5 Å². The summed E-state index contributed by atoms with van der Waals surface area (Å²) in [4.78, 5) is 0. The summed E-state index contributed by atoms with van der Waals surface area (Å²) >= 11 is 6.18. The van der Waals surface area contributed by atoms with Gasteiger partial charge in [0.15, 0.2) is 11.5 Å². The minimum atomic E-state index is -0.259. The van der Waals surface area contributed by atoms with Gasteiger partial charge in [0.1, 0.15) is 12.4 Å². The zero-order chi connectivity index (χ0) is 19.9. The van der Waals surface area contributed by atoms with Crippen molar-refractivity contribution < 1.29 is 13.9 Å². The quantitative estimate of drug-likeness (QED) is 0.477. The smallest absolute Gasteiger partial charge is 0.161 e. The topological polar surface area (TPSA) is 30.5 Å². The lowest BCUT2D eigenvalue weighted by Gasteiger charge is -2.14. The Bertz CT molecular complexity index is 928. The van der Waals surface area contributed by atoms with E-state index in [-0.39, 0.29) is 5.82 Å².